The Morgan fingerprint density at radius 2 is 1.62 bits per heavy atom. The first-order chi connectivity index (χ1) is 10.00. The molecule has 0 aromatic heterocycles. The number of carbonyl (C=O) groups excluding carboxylic acids is 1. The number of hydrogen-bond donors (Lipinski definition) is 0. The van der Waals surface area contributed by atoms with Gasteiger partial charge in [-0.1, -0.05) is 48.0 Å². The lowest BCUT2D eigenvalue weighted by molar-refractivity contribution is 0.0968. The molecule has 3 rings (SSSR count). The molecule has 3 nitrogen and oxygen atoms in total. The van der Waals surface area contributed by atoms with E-state index in [1.165, 1.54) is 0 Å². The Morgan fingerprint density at radius 3 is 2.24 bits per heavy atom. The zero-order valence-electron chi connectivity index (χ0n) is 11.7. The van der Waals surface area contributed by atoms with Crippen molar-refractivity contribution in [3.05, 3.63) is 65.7 Å². The van der Waals surface area contributed by atoms with E-state index in [9.17, 15) is 13.2 Å². The Labute approximate surface area is 124 Å². The molecule has 1 saturated carbocycles. The van der Waals surface area contributed by atoms with Crippen molar-refractivity contribution >= 4 is 15.6 Å². The van der Waals surface area contributed by atoms with E-state index >= 15 is 0 Å². The highest BCUT2D eigenvalue weighted by Crippen LogP contribution is 2.42. The van der Waals surface area contributed by atoms with Crippen molar-refractivity contribution in [3.8, 4) is 0 Å². The molecule has 0 radical (unpaired) electrons. The van der Waals surface area contributed by atoms with Crippen molar-refractivity contribution in [2.75, 3.05) is 0 Å². The number of rotatable bonds is 4. The molecule has 4 heteroatoms. The molecule has 0 amide bonds. The van der Waals surface area contributed by atoms with E-state index < -0.39 is 21.0 Å². The molecule has 1 aliphatic rings. The first-order valence-electron chi connectivity index (χ1n) is 6.90. The summed E-state index contributed by atoms with van der Waals surface area (Å²) < 4.78 is 24.9. The Hall–Kier alpha value is -1.94. The molecule has 1 aliphatic carbocycles. The van der Waals surface area contributed by atoms with Gasteiger partial charge in [0.1, 0.15) is 0 Å². The number of sulfone groups is 1. The summed E-state index contributed by atoms with van der Waals surface area (Å²) in [4.78, 5) is 12.6. The Kier molecular flexibility index (Phi) is 3.41. The standard InChI is InChI=1S/C17H16O3S/c1-12-7-9-13(10-8-12)17(18)15-11-16(15)21(19,20)14-5-3-2-4-6-14/h2-10,15-16H,11H2,1H3/t15-,16-/m1/s1. The molecule has 2 aromatic carbocycles. The van der Waals surface area contributed by atoms with E-state index in [1.54, 1.807) is 42.5 Å². The SMILES string of the molecule is Cc1ccc(C(=O)[C@@H]2C[C@H]2S(=O)(=O)c2ccccc2)cc1. The molecule has 108 valence electrons. The molecule has 0 N–H and O–H groups in total. The van der Waals surface area contributed by atoms with E-state index in [4.69, 9.17) is 0 Å². The second-order valence-electron chi connectivity index (χ2n) is 5.47. The van der Waals surface area contributed by atoms with Crippen LogP contribution in [-0.4, -0.2) is 19.5 Å². The molecular weight excluding hydrogens is 284 g/mol. The highest BCUT2D eigenvalue weighted by atomic mass is 32.2. The molecule has 21 heavy (non-hydrogen) atoms. The van der Waals surface area contributed by atoms with Gasteiger partial charge in [-0.3, -0.25) is 4.79 Å². The number of benzene rings is 2. The van der Waals surface area contributed by atoms with Crippen molar-refractivity contribution in [2.45, 2.75) is 23.5 Å². The van der Waals surface area contributed by atoms with Crippen LogP contribution in [0.2, 0.25) is 0 Å². The van der Waals surface area contributed by atoms with Gasteiger partial charge in [0, 0.05) is 11.5 Å². The fourth-order valence-electron chi connectivity index (χ4n) is 2.51. The van der Waals surface area contributed by atoms with Crippen molar-refractivity contribution in [1.82, 2.24) is 0 Å². The van der Waals surface area contributed by atoms with Crippen LogP contribution in [0.4, 0.5) is 0 Å². The van der Waals surface area contributed by atoms with E-state index in [2.05, 4.69) is 0 Å². The summed E-state index contributed by atoms with van der Waals surface area (Å²) in [6, 6.07) is 15.6. The van der Waals surface area contributed by atoms with Gasteiger partial charge in [0.2, 0.25) is 0 Å². The van der Waals surface area contributed by atoms with Crippen LogP contribution in [0.15, 0.2) is 59.5 Å². The molecule has 2 aromatic rings. The predicted octanol–water partition coefficient (Wildman–Crippen LogP) is 3.04. The van der Waals surface area contributed by atoms with Crippen LogP contribution < -0.4 is 0 Å². The maximum absolute atomic E-state index is 12.4. The molecule has 0 bridgehead atoms. The Balaban J connectivity index is 1.80. The lowest BCUT2D eigenvalue weighted by Crippen LogP contribution is -2.14. The Morgan fingerprint density at radius 1 is 1.00 bits per heavy atom. The first kappa shape index (κ1) is 14.0. The topological polar surface area (TPSA) is 51.2 Å². The summed E-state index contributed by atoms with van der Waals surface area (Å²) in [7, 11) is -3.40. The van der Waals surface area contributed by atoms with E-state index in [1.807, 2.05) is 19.1 Å². The molecule has 0 unspecified atom stereocenters. The van der Waals surface area contributed by atoms with Crippen LogP contribution >= 0.6 is 0 Å². The lowest BCUT2D eigenvalue weighted by Gasteiger charge is -2.04. The van der Waals surface area contributed by atoms with E-state index in [-0.39, 0.29) is 5.78 Å². The third-order valence-corrected chi connectivity index (χ3v) is 6.12. The van der Waals surface area contributed by atoms with Gasteiger partial charge in [0.25, 0.3) is 0 Å². The van der Waals surface area contributed by atoms with Gasteiger partial charge in [0.05, 0.1) is 10.1 Å². The summed E-state index contributed by atoms with van der Waals surface area (Å²) in [6.07, 6.45) is 0.421. The smallest absolute Gasteiger partial charge is 0.181 e. The van der Waals surface area contributed by atoms with Gasteiger partial charge in [-0.15, -0.1) is 0 Å². The van der Waals surface area contributed by atoms with Gasteiger partial charge in [-0.05, 0) is 25.5 Å². The molecule has 1 fully saturated rings. The summed E-state index contributed by atoms with van der Waals surface area (Å²) in [6.45, 7) is 1.95. The average molecular weight is 300 g/mol. The van der Waals surface area contributed by atoms with Crippen molar-refractivity contribution in [3.63, 3.8) is 0 Å². The normalized spacial score (nSPS) is 21.0. The number of aryl methyl sites for hydroxylation is 1. The predicted molar refractivity (Wildman–Crippen MR) is 81.0 cm³/mol. The third kappa shape index (κ3) is 2.63. The first-order valence-corrected chi connectivity index (χ1v) is 8.44. The van der Waals surface area contributed by atoms with Gasteiger partial charge < -0.3 is 0 Å². The van der Waals surface area contributed by atoms with Crippen LogP contribution in [0.25, 0.3) is 0 Å². The van der Waals surface area contributed by atoms with Crippen molar-refractivity contribution < 1.29 is 13.2 Å². The summed E-state index contributed by atoms with van der Waals surface area (Å²) >= 11 is 0. The highest BCUT2D eigenvalue weighted by Gasteiger charge is 2.51. The maximum Gasteiger partial charge on any atom is 0.181 e. The highest BCUT2D eigenvalue weighted by molar-refractivity contribution is 7.92. The minimum atomic E-state index is -3.40. The monoisotopic (exact) mass is 300 g/mol. The third-order valence-electron chi connectivity index (χ3n) is 3.88. The van der Waals surface area contributed by atoms with Crippen molar-refractivity contribution in [1.29, 1.82) is 0 Å². The average Bonchev–Trinajstić information content (AvgIpc) is 3.29. The van der Waals surface area contributed by atoms with Crippen LogP contribution in [0, 0.1) is 12.8 Å². The van der Waals surface area contributed by atoms with Crippen LogP contribution in [0.5, 0.6) is 0 Å². The quantitative estimate of drug-likeness (QED) is 0.816. The fraction of sp³-hybridized carbons (Fsp3) is 0.235. The molecule has 0 spiro atoms. The molecule has 2 atom stereocenters. The van der Waals surface area contributed by atoms with Gasteiger partial charge in [-0.2, -0.15) is 0 Å². The maximum atomic E-state index is 12.4. The molecular formula is C17H16O3S. The van der Waals surface area contributed by atoms with Crippen LogP contribution in [0.3, 0.4) is 0 Å². The van der Waals surface area contributed by atoms with Crippen molar-refractivity contribution in [2.24, 2.45) is 5.92 Å². The van der Waals surface area contributed by atoms with E-state index in [0.29, 0.717) is 16.9 Å². The minimum absolute atomic E-state index is 0.0699. The zero-order chi connectivity index (χ0) is 15.0. The Bertz CT molecular complexity index is 761. The molecule has 0 saturated heterocycles. The second kappa shape index (κ2) is 5.11. The zero-order valence-corrected chi connectivity index (χ0v) is 12.5. The van der Waals surface area contributed by atoms with Crippen LogP contribution in [-0.2, 0) is 9.84 Å². The van der Waals surface area contributed by atoms with Gasteiger partial charge in [-0.25, -0.2) is 8.42 Å². The number of ketones is 1. The minimum Gasteiger partial charge on any atom is -0.294 e. The van der Waals surface area contributed by atoms with Gasteiger partial charge >= 0.3 is 0 Å². The summed E-state index contributed by atoms with van der Waals surface area (Å²) in [5, 5.41) is -0.575. The molecule has 0 aliphatic heterocycles. The number of Topliss-reactive ketones (excluding diaryl/α,β-unsaturated/α-hetero) is 1. The summed E-state index contributed by atoms with van der Waals surface area (Å²) in [5.74, 6) is -0.475. The fourth-order valence-corrected chi connectivity index (χ4v) is 4.41. The largest absolute Gasteiger partial charge is 0.294 e. The number of hydrogen-bond acceptors (Lipinski definition) is 3. The van der Waals surface area contributed by atoms with Crippen LogP contribution in [0.1, 0.15) is 22.3 Å². The van der Waals surface area contributed by atoms with Gasteiger partial charge in [0.15, 0.2) is 15.6 Å². The number of carbonyl (C=O) groups is 1. The van der Waals surface area contributed by atoms with E-state index in [0.717, 1.165) is 5.56 Å². The lowest BCUT2D eigenvalue weighted by atomic mass is 10.1. The molecule has 0 heterocycles. The summed E-state index contributed by atoms with van der Waals surface area (Å²) in [5.41, 5.74) is 1.67. The second-order valence-corrected chi connectivity index (χ2v) is 7.64.